The summed E-state index contributed by atoms with van der Waals surface area (Å²) in [5, 5.41) is 6.34. The largest absolute Gasteiger partial charge is 0.323 e. The lowest BCUT2D eigenvalue weighted by molar-refractivity contribution is -0.0979. The van der Waals surface area contributed by atoms with Crippen molar-refractivity contribution < 1.29 is 4.79 Å². The molecular weight excluding hydrogens is 212 g/mol. The van der Waals surface area contributed by atoms with Crippen LogP contribution in [0.2, 0.25) is 0 Å². The Morgan fingerprint density at radius 3 is 2.24 bits per heavy atom. The van der Waals surface area contributed by atoms with Gasteiger partial charge in [-0.05, 0) is 38.8 Å². The molecule has 0 saturated carbocycles. The fourth-order valence-electron chi connectivity index (χ4n) is 1.33. The zero-order valence-electron chi connectivity index (χ0n) is 12.2. The Labute approximate surface area is 107 Å². The quantitative estimate of drug-likeness (QED) is 0.744. The van der Waals surface area contributed by atoms with Gasteiger partial charge in [0.1, 0.15) is 6.79 Å². The molecule has 0 aromatic carbocycles. The van der Waals surface area contributed by atoms with E-state index in [1.165, 1.54) is 19.3 Å². The van der Waals surface area contributed by atoms with Crippen LogP contribution in [0.15, 0.2) is 12.2 Å². The monoisotopic (exact) mass is 242 g/mol. The fraction of sp³-hybridized carbons (Fsp3) is 0.786. The molecule has 0 amide bonds. The van der Waals surface area contributed by atoms with Crippen molar-refractivity contribution in [3.05, 3.63) is 12.2 Å². The Morgan fingerprint density at radius 2 is 1.88 bits per heavy atom. The molecule has 0 aliphatic heterocycles. The molecule has 17 heavy (non-hydrogen) atoms. The minimum absolute atomic E-state index is 0.455. The molecule has 0 heterocycles. The van der Waals surface area contributed by atoms with Gasteiger partial charge >= 0.3 is 0 Å². The second kappa shape index (κ2) is 11.8. The highest BCUT2D eigenvalue weighted by Gasteiger charge is 2.17. The smallest absolute Gasteiger partial charge is 0.106 e. The third kappa shape index (κ3) is 11.6. The van der Waals surface area contributed by atoms with Gasteiger partial charge in [-0.1, -0.05) is 32.9 Å². The molecule has 1 unspecified atom stereocenters. The van der Waals surface area contributed by atoms with Gasteiger partial charge in [-0.2, -0.15) is 0 Å². The number of nitrogens with one attached hydrogen (secondary N) is 2. The summed E-state index contributed by atoms with van der Waals surface area (Å²) in [4.78, 5) is 8.00. The highest BCUT2D eigenvalue weighted by Crippen LogP contribution is 2.19. The molecule has 3 nitrogen and oxygen atoms in total. The number of rotatable bonds is 4. The molecule has 102 valence electrons. The first kappa shape index (κ1) is 18.7. The molecule has 0 aromatic rings. The third-order valence-corrected chi connectivity index (χ3v) is 2.81. The van der Waals surface area contributed by atoms with Crippen LogP contribution < -0.4 is 10.6 Å². The zero-order valence-corrected chi connectivity index (χ0v) is 12.2. The maximum absolute atomic E-state index is 8.00. The SMILES string of the molecule is C=O.CCC(C)(C)CNC1C=CCC1.CNC. The first-order chi connectivity index (χ1) is 8.05. The average Bonchev–Trinajstić information content (AvgIpc) is 2.83. The molecule has 0 radical (unpaired) electrons. The maximum atomic E-state index is 8.00. The molecule has 1 aliphatic rings. The van der Waals surface area contributed by atoms with E-state index in [1.807, 2.05) is 20.9 Å². The summed E-state index contributed by atoms with van der Waals surface area (Å²) in [6, 6.07) is 0.649. The standard InChI is InChI=1S/C11H21N.C2H7N.CH2O/c1-4-11(2,3)9-12-10-7-5-6-8-10;1-3-2;1-2/h5,7,10,12H,4,6,8-9H2,1-3H3;3H,1-2H3;1H2. The van der Waals surface area contributed by atoms with Crippen LogP contribution in [0, 0.1) is 5.41 Å². The van der Waals surface area contributed by atoms with Crippen molar-refractivity contribution in [3.63, 3.8) is 0 Å². The van der Waals surface area contributed by atoms with Gasteiger partial charge in [-0.15, -0.1) is 0 Å². The van der Waals surface area contributed by atoms with Gasteiger partial charge in [0.05, 0.1) is 0 Å². The number of hydrogen-bond donors (Lipinski definition) is 2. The molecular formula is C14H30N2O. The van der Waals surface area contributed by atoms with E-state index in [4.69, 9.17) is 4.79 Å². The van der Waals surface area contributed by atoms with Crippen molar-refractivity contribution in [1.82, 2.24) is 10.6 Å². The molecule has 1 atom stereocenters. The van der Waals surface area contributed by atoms with E-state index >= 15 is 0 Å². The Kier molecular flexibility index (Phi) is 13.0. The molecule has 0 aromatic heterocycles. The van der Waals surface area contributed by atoms with Crippen LogP contribution in [0.25, 0.3) is 0 Å². The molecule has 0 fully saturated rings. The van der Waals surface area contributed by atoms with Crippen molar-refractivity contribution >= 4 is 6.79 Å². The lowest BCUT2D eigenvalue weighted by Gasteiger charge is -2.25. The Bertz CT molecular complexity index is 191. The van der Waals surface area contributed by atoms with Crippen molar-refractivity contribution in [2.24, 2.45) is 5.41 Å². The number of carbonyl (C=O) groups excluding carboxylic acids is 1. The summed E-state index contributed by atoms with van der Waals surface area (Å²) < 4.78 is 0. The van der Waals surface area contributed by atoms with Crippen molar-refractivity contribution in [3.8, 4) is 0 Å². The van der Waals surface area contributed by atoms with E-state index in [2.05, 4.69) is 43.6 Å². The topological polar surface area (TPSA) is 41.1 Å². The zero-order chi connectivity index (χ0) is 13.7. The molecule has 1 aliphatic carbocycles. The van der Waals surface area contributed by atoms with E-state index in [0.29, 0.717) is 11.5 Å². The Hall–Kier alpha value is -0.670. The molecule has 0 spiro atoms. The van der Waals surface area contributed by atoms with Crippen molar-refractivity contribution in [2.45, 2.75) is 46.1 Å². The number of hydrogen-bond acceptors (Lipinski definition) is 3. The molecule has 1 rings (SSSR count). The minimum Gasteiger partial charge on any atom is -0.323 e. The Morgan fingerprint density at radius 1 is 1.35 bits per heavy atom. The van der Waals surface area contributed by atoms with Crippen molar-refractivity contribution in [2.75, 3.05) is 20.6 Å². The molecule has 2 N–H and O–H groups in total. The van der Waals surface area contributed by atoms with Gasteiger partial charge in [-0.3, -0.25) is 0 Å². The van der Waals surface area contributed by atoms with E-state index in [-0.39, 0.29) is 0 Å². The highest BCUT2D eigenvalue weighted by atomic mass is 16.1. The molecule has 0 bridgehead atoms. The molecule has 0 saturated heterocycles. The van der Waals surface area contributed by atoms with E-state index in [9.17, 15) is 0 Å². The number of allylic oxidation sites excluding steroid dienone is 1. The van der Waals surface area contributed by atoms with E-state index < -0.39 is 0 Å². The van der Waals surface area contributed by atoms with Crippen molar-refractivity contribution in [1.29, 1.82) is 0 Å². The summed E-state index contributed by atoms with van der Waals surface area (Å²) in [6.07, 6.45) is 8.36. The van der Waals surface area contributed by atoms with Crippen LogP contribution in [0.1, 0.15) is 40.0 Å². The number of carbonyl (C=O) groups is 1. The first-order valence-electron chi connectivity index (χ1n) is 6.33. The normalized spacial score (nSPS) is 17.8. The maximum Gasteiger partial charge on any atom is 0.106 e. The summed E-state index contributed by atoms with van der Waals surface area (Å²) in [7, 11) is 3.75. The Balaban J connectivity index is 0. The predicted molar refractivity (Wildman–Crippen MR) is 76.3 cm³/mol. The first-order valence-corrected chi connectivity index (χ1v) is 6.33. The van der Waals surface area contributed by atoms with E-state index in [0.717, 1.165) is 6.54 Å². The summed E-state index contributed by atoms with van der Waals surface area (Å²) in [5.74, 6) is 0. The van der Waals surface area contributed by atoms with Gasteiger partial charge in [-0.25, -0.2) is 0 Å². The fourth-order valence-corrected chi connectivity index (χ4v) is 1.33. The van der Waals surface area contributed by atoms with Crippen LogP contribution in [-0.2, 0) is 4.79 Å². The van der Waals surface area contributed by atoms with Gasteiger partial charge in [0.25, 0.3) is 0 Å². The van der Waals surface area contributed by atoms with Gasteiger partial charge in [0, 0.05) is 12.6 Å². The predicted octanol–water partition coefficient (Wildman–Crippen LogP) is 2.38. The highest BCUT2D eigenvalue weighted by molar-refractivity contribution is 5.11. The van der Waals surface area contributed by atoms with Crippen LogP contribution in [0.4, 0.5) is 0 Å². The second-order valence-corrected chi connectivity index (χ2v) is 5.01. The summed E-state index contributed by atoms with van der Waals surface area (Å²) in [5.41, 5.74) is 0.455. The van der Waals surface area contributed by atoms with Gasteiger partial charge < -0.3 is 15.4 Å². The lowest BCUT2D eigenvalue weighted by atomic mass is 9.90. The average molecular weight is 242 g/mol. The lowest BCUT2D eigenvalue weighted by Crippen LogP contribution is -2.34. The van der Waals surface area contributed by atoms with Crippen LogP contribution in [-0.4, -0.2) is 33.5 Å². The second-order valence-electron chi connectivity index (χ2n) is 5.01. The summed E-state index contributed by atoms with van der Waals surface area (Å²) >= 11 is 0. The van der Waals surface area contributed by atoms with E-state index in [1.54, 1.807) is 0 Å². The van der Waals surface area contributed by atoms with Crippen LogP contribution >= 0.6 is 0 Å². The minimum atomic E-state index is 0.455. The third-order valence-electron chi connectivity index (χ3n) is 2.81. The van der Waals surface area contributed by atoms with Gasteiger partial charge in [0.15, 0.2) is 0 Å². The van der Waals surface area contributed by atoms with Crippen LogP contribution in [0.5, 0.6) is 0 Å². The van der Waals surface area contributed by atoms with Gasteiger partial charge in [0.2, 0.25) is 0 Å². The molecule has 3 heteroatoms. The summed E-state index contributed by atoms with van der Waals surface area (Å²) in [6.45, 7) is 10.0. The van der Waals surface area contributed by atoms with Crippen LogP contribution in [0.3, 0.4) is 0 Å².